The minimum absolute atomic E-state index is 0.699. The van der Waals surface area contributed by atoms with Crippen molar-refractivity contribution < 1.29 is 0 Å². The highest BCUT2D eigenvalue weighted by molar-refractivity contribution is 14.1. The van der Waals surface area contributed by atoms with Crippen molar-refractivity contribution in [1.29, 1.82) is 0 Å². The van der Waals surface area contributed by atoms with Crippen LogP contribution in [-0.4, -0.2) is 9.38 Å². The van der Waals surface area contributed by atoms with Crippen LogP contribution in [0.3, 0.4) is 0 Å². The van der Waals surface area contributed by atoms with Crippen molar-refractivity contribution >= 4 is 55.8 Å². The second kappa shape index (κ2) is 3.16. The van der Waals surface area contributed by atoms with Gasteiger partial charge in [-0.3, -0.25) is 4.40 Å². The molecule has 0 spiro atoms. The molecule has 0 atom stereocenters. The molecule has 2 heterocycles. The number of fused-ring (bicyclic) bond motifs is 1. The number of nitrogens with zero attached hydrogens (tertiary/aromatic N) is 2. The summed E-state index contributed by atoms with van der Waals surface area (Å²) in [4.78, 5) is 4.21. The van der Waals surface area contributed by atoms with E-state index in [1.54, 1.807) is 6.20 Å². The van der Waals surface area contributed by atoms with Crippen molar-refractivity contribution in [2.45, 2.75) is 0 Å². The third kappa shape index (κ3) is 1.36. The van der Waals surface area contributed by atoms with Crippen molar-refractivity contribution in [3.05, 3.63) is 31.7 Å². The summed E-state index contributed by atoms with van der Waals surface area (Å²) in [7, 11) is 0. The molecule has 0 aliphatic heterocycles. The lowest BCUT2D eigenvalue weighted by Gasteiger charge is -1.98. The molecule has 0 N–H and O–H groups in total. The van der Waals surface area contributed by atoms with Crippen LogP contribution in [0, 0.1) is 3.70 Å². The van der Waals surface area contributed by atoms with Crippen LogP contribution in [0.2, 0.25) is 5.02 Å². The van der Waals surface area contributed by atoms with E-state index in [1.165, 1.54) is 0 Å². The number of aromatic nitrogens is 2. The zero-order valence-electron chi connectivity index (χ0n) is 5.76. The molecule has 0 saturated heterocycles. The van der Waals surface area contributed by atoms with E-state index in [-0.39, 0.29) is 0 Å². The molecule has 62 valence electrons. The Hall–Kier alpha value is 0.190. The highest BCUT2D eigenvalue weighted by atomic mass is 127. The quantitative estimate of drug-likeness (QED) is 0.661. The lowest BCUT2D eigenvalue weighted by Crippen LogP contribution is -1.87. The Labute approximate surface area is 96.2 Å². The van der Waals surface area contributed by atoms with Crippen molar-refractivity contribution in [2.24, 2.45) is 0 Å². The molecule has 2 nitrogen and oxygen atoms in total. The van der Waals surface area contributed by atoms with Gasteiger partial charge in [-0.25, -0.2) is 4.98 Å². The van der Waals surface area contributed by atoms with E-state index < -0.39 is 0 Å². The van der Waals surface area contributed by atoms with E-state index >= 15 is 0 Å². The highest BCUT2D eigenvalue weighted by Gasteiger charge is 2.04. The lowest BCUT2D eigenvalue weighted by atomic mass is 10.5. The second-order valence-corrected chi connectivity index (χ2v) is 4.68. The number of imidazole rings is 1. The van der Waals surface area contributed by atoms with Gasteiger partial charge in [0.2, 0.25) is 0 Å². The molecular formula is C7H3BrClIN2. The van der Waals surface area contributed by atoms with E-state index in [2.05, 4.69) is 43.5 Å². The first-order valence-electron chi connectivity index (χ1n) is 3.16. The fourth-order valence-corrected chi connectivity index (χ4v) is 2.37. The molecule has 0 bridgehead atoms. The first kappa shape index (κ1) is 8.77. The summed E-state index contributed by atoms with van der Waals surface area (Å²) in [5.74, 6) is 0. The highest BCUT2D eigenvalue weighted by Crippen LogP contribution is 2.23. The summed E-state index contributed by atoms with van der Waals surface area (Å²) in [6.45, 7) is 0. The summed E-state index contributed by atoms with van der Waals surface area (Å²) in [5, 5.41) is 0.699. The fourth-order valence-electron chi connectivity index (χ4n) is 0.986. The largest absolute Gasteiger partial charge is 0.292 e. The summed E-state index contributed by atoms with van der Waals surface area (Å²) < 4.78 is 3.90. The predicted molar refractivity (Wildman–Crippen MR) is 60.6 cm³/mol. The molecule has 0 radical (unpaired) electrons. The van der Waals surface area contributed by atoms with Gasteiger partial charge in [-0.2, -0.15) is 0 Å². The minimum Gasteiger partial charge on any atom is -0.292 e. The maximum absolute atomic E-state index is 5.87. The molecule has 0 unspecified atom stereocenters. The first-order valence-corrected chi connectivity index (χ1v) is 5.41. The smallest absolute Gasteiger partial charge is 0.152 e. The summed E-state index contributed by atoms with van der Waals surface area (Å²) in [6.07, 6.45) is 3.65. The van der Waals surface area contributed by atoms with E-state index in [0.29, 0.717) is 5.02 Å². The molecule has 2 rings (SSSR count). The van der Waals surface area contributed by atoms with Crippen molar-refractivity contribution in [3.8, 4) is 0 Å². The Morgan fingerprint density at radius 2 is 2.33 bits per heavy atom. The molecule has 12 heavy (non-hydrogen) atoms. The second-order valence-electron chi connectivity index (χ2n) is 2.28. The molecule has 0 aliphatic carbocycles. The van der Waals surface area contributed by atoms with Crippen LogP contribution >= 0.6 is 50.1 Å². The average molecular weight is 357 g/mol. The van der Waals surface area contributed by atoms with Crippen LogP contribution in [-0.2, 0) is 0 Å². The van der Waals surface area contributed by atoms with Crippen LogP contribution in [0.15, 0.2) is 22.9 Å². The number of hydrogen-bond acceptors (Lipinski definition) is 1. The average Bonchev–Trinajstić information content (AvgIpc) is 2.33. The molecule has 0 fully saturated rings. The summed E-state index contributed by atoms with van der Waals surface area (Å²) >= 11 is 11.5. The Morgan fingerprint density at radius 1 is 1.58 bits per heavy atom. The normalized spacial score (nSPS) is 10.9. The van der Waals surface area contributed by atoms with Gasteiger partial charge in [-0.15, -0.1) is 0 Å². The molecule has 0 aromatic carbocycles. The maximum atomic E-state index is 5.87. The standard InChI is InChI=1S/C7H3BrClIN2/c8-5-1-4(9)3-12-6(10)2-11-7(5)12/h1-3H. The number of pyridine rings is 1. The molecule has 2 aromatic rings. The van der Waals surface area contributed by atoms with E-state index in [9.17, 15) is 0 Å². The molecular weight excluding hydrogens is 354 g/mol. The van der Waals surface area contributed by atoms with Gasteiger partial charge in [0.05, 0.1) is 15.7 Å². The molecule has 5 heteroatoms. The van der Waals surface area contributed by atoms with Gasteiger partial charge in [-0.1, -0.05) is 11.6 Å². The van der Waals surface area contributed by atoms with Crippen molar-refractivity contribution in [3.63, 3.8) is 0 Å². The van der Waals surface area contributed by atoms with Crippen molar-refractivity contribution in [1.82, 2.24) is 9.38 Å². The number of halogens is 3. The van der Waals surface area contributed by atoms with Crippen molar-refractivity contribution in [2.75, 3.05) is 0 Å². The van der Waals surface area contributed by atoms with Gasteiger partial charge in [-0.05, 0) is 44.6 Å². The van der Waals surface area contributed by atoms with E-state index in [0.717, 1.165) is 13.8 Å². The third-order valence-electron chi connectivity index (χ3n) is 1.48. The zero-order valence-corrected chi connectivity index (χ0v) is 10.3. The third-order valence-corrected chi connectivity index (χ3v) is 3.07. The molecule has 0 aliphatic rings. The Bertz CT molecular complexity index is 440. The van der Waals surface area contributed by atoms with Crippen LogP contribution in [0.5, 0.6) is 0 Å². The Balaban J connectivity index is 2.92. The topological polar surface area (TPSA) is 17.3 Å². The van der Waals surface area contributed by atoms with Crippen LogP contribution < -0.4 is 0 Å². The molecule has 2 aromatic heterocycles. The monoisotopic (exact) mass is 356 g/mol. The lowest BCUT2D eigenvalue weighted by molar-refractivity contribution is 1.14. The van der Waals surface area contributed by atoms with Gasteiger partial charge in [0.25, 0.3) is 0 Å². The van der Waals surface area contributed by atoms with Crippen LogP contribution in [0.1, 0.15) is 0 Å². The van der Waals surface area contributed by atoms with Crippen LogP contribution in [0.25, 0.3) is 5.65 Å². The van der Waals surface area contributed by atoms with E-state index in [1.807, 2.05) is 16.7 Å². The number of hydrogen-bond donors (Lipinski definition) is 0. The molecule has 0 saturated carbocycles. The van der Waals surface area contributed by atoms with Gasteiger partial charge in [0.15, 0.2) is 5.65 Å². The molecule has 0 amide bonds. The first-order chi connectivity index (χ1) is 5.68. The number of rotatable bonds is 0. The summed E-state index contributed by atoms with van der Waals surface area (Å²) in [5.41, 5.74) is 0.892. The van der Waals surface area contributed by atoms with E-state index in [4.69, 9.17) is 11.6 Å². The van der Waals surface area contributed by atoms with Crippen LogP contribution in [0.4, 0.5) is 0 Å². The summed E-state index contributed by atoms with van der Waals surface area (Å²) in [6, 6.07) is 1.83. The maximum Gasteiger partial charge on any atom is 0.152 e. The van der Waals surface area contributed by atoms with Gasteiger partial charge in [0.1, 0.15) is 3.70 Å². The zero-order chi connectivity index (χ0) is 8.72. The SMILES string of the molecule is Clc1cc(Br)c2ncc(I)n2c1. The van der Waals surface area contributed by atoms with Gasteiger partial charge in [0, 0.05) is 6.20 Å². The predicted octanol–water partition coefficient (Wildman–Crippen LogP) is 3.35. The van der Waals surface area contributed by atoms with Gasteiger partial charge < -0.3 is 0 Å². The minimum atomic E-state index is 0.699. The Morgan fingerprint density at radius 3 is 3.08 bits per heavy atom. The Kier molecular flexibility index (Phi) is 2.31. The fraction of sp³-hybridized carbons (Fsp3) is 0. The van der Waals surface area contributed by atoms with Gasteiger partial charge >= 0.3 is 0 Å².